The Kier molecular flexibility index (Phi) is 33.5. The summed E-state index contributed by atoms with van der Waals surface area (Å²) >= 11 is 0. The van der Waals surface area contributed by atoms with E-state index in [1.165, 1.54) is 122 Å². The van der Waals surface area contributed by atoms with Gasteiger partial charge in [0.15, 0.2) is 0 Å². The van der Waals surface area contributed by atoms with Crippen molar-refractivity contribution in [2.24, 2.45) is 11.7 Å². The highest BCUT2D eigenvalue weighted by Gasteiger charge is 2.20. The average Bonchev–Trinajstić information content (AvgIpc) is 2.98. The van der Waals surface area contributed by atoms with Gasteiger partial charge in [-0.3, -0.25) is 4.90 Å². The van der Waals surface area contributed by atoms with Crippen molar-refractivity contribution >= 4 is 0 Å². The Balaban J connectivity index is 4.27. The standard InChI is InChI=1S/C36H76N2O4/c1-4-6-8-10-12-14-16-18-20-22-24-34(3)36(40)33-38(27-29-42-31-30-41-28-26-37)32-35(39)25-23-21-19-17-15-13-11-9-7-5-2/h34-36,39-40H,4-33,37H2,1-3H3. The number of aliphatic hydroxyl groups excluding tert-OH is 2. The highest BCUT2D eigenvalue weighted by Crippen LogP contribution is 2.18. The van der Waals surface area contributed by atoms with E-state index in [4.69, 9.17) is 15.2 Å². The molecule has 254 valence electrons. The van der Waals surface area contributed by atoms with Gasteiger partial charge in [0.1, 0.15) is 0 Å². The lowest BCUT2D eigenvalue weighted by atomic mass is 9.96. The summed E-state index contributed by atoms with van der Waals surface area (Å²) in [4.78, 5) is 2.21. The van der Waals surface area contributed by atoms with Crippen LogP contribution in [-0.4, -0.2) is 79.9 Å². The molecule has 0 aliphatic carbocycles. The number of hydrogen-bond donors (Lipinski definition) is 3. The zero-order valence-electron chi connectivity index (χ0n) is 28.7. The average molecular weight is 601 g/mol. The number of nitrogens with two attached hydrogens (primary N) is 1. The van der Waals surface area contributed by atoms with Crippen LogP contribution in [0, 0.1) is 5.92 Å². The van der Waals surface area contributed by atoms with E-state index in [2.05, 4.69) is 25.7 Å². The number of ether oxygens (including phenoxy) is 2. The molecule has 0 aromatic carbocycles. The maximum absolute atomic E-state index is 11.0. The molecule has 3 unspecified atom stereocenters. The van der Waals surface area contributed by atoms with E-state index < -0.39 is 0 Å². The third-order valence-corrected chi connectivity index (χ3v) is 8.66. The van der Waals surface area contributed by atoms with Crippen LogP contribution >= 0.6 is 0 Å². The molecule has 0 aliphatic rings. The summed E-state index contributed by atoms with van der Waals surface area (Å²) in [5.41, 5.74) is 5.47. The van der Waals surface area contributed by atoms with Crippen LogP contribution < -0.4 is 5.73 Å². The van der Waals surface area contributed by atoms with E-state index in [9.17, 15) is 10.2 Å². The van der Waals surface area contributed by atoms with Gasteiger partial charge in [0.2, 0.25) is 0 Å². The first kappa shape index (κ1) is 41.8. The predicted molar refractivity (Wildman–Crippen MR) is 181 cm³/mol. The van der Waals surface area contributed by atoms with Crippen molar-refractivity contribution in [1.82, 2.24) is 4.90 Å². The van der Waals surface area contributed by atoms with Gasteiger partial charge in [0.25, 0.3) is 0 Å². The fourth-order valence-corrected chi connectivity index (χ4v) is 5.70. The van der Waals surface area contributed by atoms with Crippen LogP contribution in [0.4, 0.5) is 0 Å². The number of hydrogen-bond acceptors (Lipinski definition) is 6. The Morgan fingerprint density at radius 1 is 0.548 bits per heavy atom. The highest BCUT2D eigenvalue weighted by atomic mass is 16.5. The Morgan fingerprint density at radius 2 is 0.976 bits per heavy atom. The summed E-state index contributed by atoms with van der Waals surface area (Å²) < 4.78 is 11.2. The fourth-order valence-electron chi connectivity index (χ4n) is 5.70. The summed E-state index contributed by atoms with van der Waals surface area (Å²) in [5, 5.41) is 21.8. The van der Waals surface area contributed by atoms with E-state index in [1.807, 2.05) is 0 Å². The monoisotopic (exact) mass is 601 g/mol. The van der Waals surface area contributed by atoms with Gasteiger partial charge in [0, 0.05) is 26.2 Å². The molecular formula is C36H76N2O4. The van der Waals surface area contributed by atoms with Crippen molar-refractivity contribution in [1.29, 1.82) is 0 Å². The molecule has 3 atom stereocenters. The Hall–Kier alpha value is -0.240. The first-order valence-electron chi connectivity index (χ1n) is 18.5. The van der Waals surface area contributed by atoms with Gasteiger partial charge in [0.05, 0.1) is 38.6 Å². The largest absolute Gasteiger partial charge is 0.392 e. The van der Waals surface area contributed by atoms with E-state index in [0.717, 1.165) is 19.3 Å². The second-order valence-electron chi connectivity index (χ2n) is 12.9. The van der Waals surface area contributed by atoms with Gasteiger partial charge in [-0.05, 0) is 18.8 Å². The number of rotatable bonds is 35. The van der Waals surface area contributed by atoms with Gasteiger partial charge in [-0.25, -0.2) is 0 Å². The third kappa shape index (κ3) is 29.8. The Morgan fingerprint density at radius 3 is 1.45 bits per heavy atom. The van der Waals surface area contributed by atoms with Gasteiger partial charge in [-0.2, -0.15) is 0 Å². The second-order valence-corrected chi connectivity index (χ2v) is 12.9. The molecule has 0 spiro atoms. The van der Waals surface area contributed by atoms with E-state index in [0.29, 0.717) is 52.6 Å². The lowest BCUT2D eigenvalue weighted by Gasteiger charge is -2.29. The van der Waals surface area contributed by atoms with Gasteiger partial charge >= 0.3 is 0 Å². The molecule has 0 saturated carbocycles. The van der Waals surface area contributed by atoms with Gasteiger partial charge < -0.3 is 25.4 Å². The summed E-state index contributed by atoms with van der Waals surface area (Å²) in [6.07, 6.45) is 27.7. The molecule has 4 N–H and O–H groups in total. The molecule has 0 saturated heterocycles. The zero-order chi connectivity index (χ0) is 30.9. The van der Waals surface area contributed by atoms with Gasteiger partial charge in [-0.15, -0.1) is 0 Å². The number of nitrogens with zero attached hydrogens (tertiary/aromatic N) is 1. The first-order chi connectivity index (χ1) is 20.5. The van der Waals surface area contributed by atoms with Crippen LogP contribution in [0.1, 0.15) is 162 Å². The lowest BCUT2D eigenvalue weighted by molar-refractivity contribution is 0.0111. The van der Waals surface area contributed by atoms with Crippen molar-refractivity contribution in [3.05, 3.63) is 0 Å². The number of unbranched alkanes of at least 4 members (excludes halogenated alkanes) is 18. The molecule has 0 rings (SSSR count). The minimum atomic E-state index is -0.374. The topological polar surface area (TPSA) is 88.2 Å². The fraction of sp³-hybridized carbons (Fsp3) is 1.00. The molecule has 0 aromatic rings. The maximum atomic E-state index is 11.0. The van der Waals surface area contributed by atoms with Crippen molar-refractivity contribution < 1.29 is 19.7 Å². The van der Waals surface area contributed by atoms with E-state index >= 15 is 0 Å². The third-order valence-electron chi connectivity index (χ3n) is 8.66. The zero-order valence-corrected chi connectivity index (χ0v) is 28.7. The molecular weight excluding hydrogens is 524 g/mol. The number of aliphatic hydroxyl groups is 2. The van der Waals surface area contributed by atoms with Crippen LogP contribution in [-0.2, 0) is 9.47 Å². The molecule has 0 aromatic heterocycles. The Labute approximate surface area is 262 Å². The quantitative estimate of drug-likeness (QED) is 0.0635. The normalized spacial score (nSPS) is 14.1. The summed E-state index contributed by atoms with van der Waals surface area (Å²) in [6.45, 7) is 11.4. The molecule has 0 heterocycles. The maximum Gasteiger partial charge on any atom is 0.0701 e. The SMILES string of the molecule is CCCCCCCCCCCCC(O)CN(CCOCCOCCN)CC(O)C(C)CCCCCCCCCCCC. The van der Waals surface area contributed by atoms with Crippen LogP contribution in [0.25, 0.3) is 0 Å². The minimum absolute atomic E-state index is 0.270. The van der Waals surface area contributed by atoms with E-state index in [-0.39, 0.29) is 18.1 Å². The van der Waals surface area contributed by atoms with E-state index in [1.54, 1.807) is 0 Å². The van der Waals surface area contributed by atoms with Crippen molar-refractivity contribution in [2.45, 2.75) is 174 Å². The van der Waals surface area contributed by atoms with Gasteiger partial charge in [-0.1, -0.05) is 149 Å². The summed E-state index contributed by atoms with van der Waals surface area (Å²) in [7, 11) is 0. The molecule has 42 heavy (non-hydrogen) atoms. The smallest absolute Gasteiger partial charge is 0.0701 e. The molecule has 6 heteroatoms. The second kappa shape index (κ2) is 33.6. The molecule has 0 aliphatic heterocycles. The van der Waals surface area contributed by atoms with Crippen molar-refractivity contribution in [2.75, 3.05) is 52.6 Å². The first-order valence-corrected chi connectivity index (χ1v) is 18.5. The molecule has 0 radical (unpaired) electrons. The molecule has 0 amide bonds. The molecule has 0 bridgehead atoms. The molecule has 6 nitrogen and oxygen atoms in total. The predicted octanol–water partition coefficient (Wildman–Crippen LogP) is 8.26. The lowest BCUT2D eigenvalue weighted by Crippen LogP contribution is -2.42. The summed E-state index contributed by atoms with van der Waals surface area (Å²) in [6, 6.07) is 0. The van der Waals surface area contributed by atoms with Crippen LogP contribution in [0.3, 0.4) is 0 Å². The van der Waals surface area contributed by atoms with Crippen molar-refractivity contribution in [3.63, 3.8) is 0 Å². The van der Waals surface area contributed by atoms with Crippen molar-refractivity contribution in [3.8, 4) is 0 Å². The van der Waals surface area contributed by atoms with Crippen LogP contribution in [0.5, 0.6) is 0 Å². The highest BCUT2D eigenvalue weighted by molar-refractivity contribution is 4.73. The summed E-state index contributed by atoms with van der Waals surface area (Å²) in [5.74, 6) is 0.270. The Bertz CT molecular complexity index is 511. The van der Waals surface area contributed by atoms with Crippen LogP contribution in [0.2, 0.25) is 0 Å². The van der Waals surface area contributed by atoms with Crippen LogP contribution in [0.15, 0.2) is 0 Å². The minimum Gasteiger partial charge on any atom is -0.392 e. The molecule has 0 fully saturated rings.